The van der Waals surface area contributed by atoms with E-state index in [9.17, 15) is 14.4 Å². The average molecular weight is 398 g/mol. The zero-order chi connectivity index (χ0) is 20.4. The molecule has 1 atom stereocenters. The van der Waals surface area contributed by atoms with E-state index in [0.717, 1.165) is 50.3 Å². The van der Waals surface area contributed by atoms with Gasteiger partial charge >= 0.3 is 0 Å². The average Bonchev–Trinajstić information content (AvgIpc) is 2.72. The molecule has 1 unspecified atom stereocenters. The number of nitrogens with one attached hydrogen (secondary N) is 3. The van der Waals surface area contributed by atoms with Gasteiger partial charge in [0.25, 0.3) is 11.5 Å². The number of fused-ring (bicyclic) bond motifs is 1. The molecule has 0 spiro atoms. The Hall–Kier alpha value is -2.78. The fraction of sp³-hybridized carbons (Fsp3) is 0.500. The van der Waals surface area contributed by atoms with Crippen LogP contribution in [0.2, 0.25) is 0 Å². The minimum absolute atomic E-state index is 0.201. The zero-order valence-electron chi connectivity index (χ0n) is 16.5. The number of aryl methyl sites for hydroxylation is 1. The number of benzene rings is 1. The van der Waals surface area contributed by atoms with Crippen LogP contribution < -0.4 is 21.5 Å². The Balaban J connectivity index is 1.63. The molecule has 9 nitrogen and oxygen atoms in total. The Morgan fingerprint density at radius 2 is 2.00 bits per heavy atom. The maximum atomic E-state index is 13.3. The number of amides is 2. The molecule has 0 bridgehead atoms. The number of hydrogen-bond acceptors (Lipinski definition) is 7. The van der Waals surface area contributed by atoms with Gasteiger partial charge in [0.1, 0.15) is 6.04 Å². The highest BCUT2D eigenvalue weighted by Gasteiger charge is 2.30. The molecule has 2 amide bonds. The summed E-state index contributed by atoms with van der Waals surface area (Å²) in [7, 11) is 0. The van der Waals surface area contributed by atoms with Crippen LogP contribution in [0.3, 0.4) is 0 Å². The maximum absolute atomic E-state index is 13.3. The molecule has 0 aliphatic carbocycles. The molecule has 2 fully saturated rings. The van der Waals surface area contributed by atoms with Crippen molar-refractivity contribution < 1.29 is 9.59 Å². The molecule has 0 saturated carbocycles. The third-order valence-corrected chi connectivity index (χ3v) is 5.59. The molecular weight excluding hydrogens is 372 g/mol. The minimum atomic E-state index is -0.766. The van der Waals surface area contributed by atoms with Crippen LogP contribution in [0.25, 0.3) is 10.8 Å². The minimum Gasteiger partial charge on any atom is -0.383 e. The molecule has 9 heteroatoms. The number of piperazine rings is 1. The molecule has 1 aromatic carbocycles. The van der Waals surface area contributed by atoms with Crippen LogP contribution in [0.5, 0.6) is 0 Å². The van der Waals surface area contributed by atoms with Crippen molar-refractivity contribution in [2.45, 2.75) is 25.8 Å². The van der Waals surface area contributed by atoms with Crippen LogP contribution in [0, 0.1) is 6.92 Å². The predicted octanol–water partition coefficient (Wildman–Crippen LogP) is -0.000280. The van der Waals surface area contributed by atoms with Crippen LogP contribution >= 0.6 is 0 Å². The number of piperidine rings is 1. The van der Waals surface area contributed by atoms with Gasteiger partial charge in [-0.05, 0) is 19.4 Å². The van der Waals surface area contributed by atoms with Crippen LogP contribution in [0.15, 0.2) is 23.0 Å². The molecule has 29 heavy (non-hydrogen) atoms. The molecule has 2 aliphatic rings. The van der Waals surface area contributed by atoms with Gasteiger partial charge < -0.3 is 10.6 Å². The van der Waals surface area contributed by atoms with Crippen molar-refractivity contribution in [3.8, 4) is 0 Å². The predicted molar refractivity (Wildman–Crippen MR) is 110 cm³/mol. The first-order valence-corrected chi connectivity index (χ1v) is 10.1. The third-order valence-electron chi connectivity index (χ3n) is 5.59. The lowest BCUT2D eigenvalue weighted by atomic mass is 10.1. The second kappa shape index (κ2) is 8.30. The summed E-state index contributed by atoms with van der Waals surface area (Å²) in [6.07, 6.45) is 0.479. The molecule has 3 N–H and O–H groups in total. The lowest BCUT2D eigenvalue weighted by molar-refractivity contribution is -0.136. The van der Waals surface area contributed by atoms with Gasteiger partial charge in [-0.3, -0.25) is 24.6 Å². The second-order valence-electron chi connectivity index (χ2n) is 7.55. The molecule has 2 saturated heterocycles. The maximum Gasteiger partial charge on any atom is 0.277 e. The summed E-state index contributed by atoms with van der Waals surface area (Å²) in [5.74, 6) is -0.786. The Labute approximate surface area is 168 Å². The number of nitrogens with zero attached hydrogens (tertiary/aromatic N) is 3. The van der Waals surface area contributed by atoms with E-state index < -0.39 is 11.9 Å². The topological polar surface area (TPSA) is 108 Å². The quantitative estimate of drug-likeness (QED) is 0.609. The molecule has 154 valence electrons. The standard InChI is InChI=1S/C20H26N6O3/c1-13-14-3-2-4-15(22-9-12-25-10-7-21-8-11-25)18(14)20(29)26(24-13)16-5-6-17(27)23-19(16)28/h2-4,16,21-22H,5-12H2,1H3,(H,23,27,28). The van der Waals surface area contributed by atoms with Crippen molar-refractivity contribution in [3.05, 3.63) is 34.2 Å². The summed E-state index contributed by atoms with van der Waals surface area (Å²) >= 11 is 0. The zero-order valence-corrected chi connectivity index (χ0v) is 16.5. The molecule has 2 aliphatic heterocycles. The number of anilines is 1. The SMILES string of the molecule is Cc1nn(C2CCC(=O)NC2=O)c(=O)c2c(NCCN3CCNCC3)cccc12. The van der Waals surface area contributed by atoms with E-state index in [4.69, 9.17) is 0 Å². The monoisotopic (exact) mass is 398 g/mol. The summed E-state index contributed by atoms with van der Waals surface area (Å²) in [6, 6.07) is 4.89. The van der Waals surface area contributed by atoms with Crippen molar-refractivity contribution in [1.82, 2.24) is 25.3 Å². The van der Waals surface area contributed by atoms with Crippen LogP contribution in [-0.2, 0) is 9.59 Å². The Morgan fingerprint density at radius 1 is 1.21 bits per heavy atom. The molecule has 2 aromatic rings. The Morgan fingerprint density at radius 3 is 2.76 bits per heavy atom. The molecule has 1 aromatic heterocycles. The van der Waals surface area contributed by atoms with Gasteiger partial charge in [0.05, 0.1) is 11.1 Å². The lowest BCUT2D eigenvalue weighted by Crippen LogP contribution is -2.45. The number of carbonyl (C=O) groups is 2. The van der Waals surface area contributed by atoms with E-state index in [1.165, 1.54) is 4.68 Å². The Kier molecular flexibility index (Phi) is 5.59. The smallest absolute Gasteiger partial charge is 0.277 e. The summed E-state index contributed by atoms with van der Waals surface area (Å²) in [5, 5.41) is 14.7. The molecule has 4 rings (SSSR count). The highest BCUT2D eigenvalue weighted by molar-refractivity contribution is 6.00. The fourth-order valence-electron chi connectivity index (χ4n) is 4.02. The van der Waals surface area contributed by atoms with Crippen LogP contribution in [0.1, 0.15) is 24.6 Å². The van der Waals surface area contributed by atoms with Gasteiger partial charge in [0.2, 0.25) is 5.91 Å². The van der Waals surface area contributed by atoms with Gasteiger partial charge in [-0.15, -0.1) is 0 Å². The summed E-state index contributed by atoms with van der Waals surface area (Å²) in [4.78, 5) is 39.4. The highest BCUT2D eigenvalue weighted by atomic mass is 16.2. The summed E-state index contributed by atoms with van der Waals surface area (Å²) < 4.78 is 1.24. The van der Waals surface area contributed by atoms with Gasteiger partial charge in [-0.1, -0.05) is 12.1 Å². The van der Waals surface area contributed by atoms with E-state index in [1.54, 1.807) is 0 Å². The number of carbonyl (C=O) groups excluding carboxylic acids is 2. The van der Waals surface area contributed by atoms with Gasteiger partial charge in [0, 0.05) is 56.8 Å². The van der Waals surface area contributed by atoms with E-state index in [2.05, 4.69) is 25.9 Å². The first-order valence-electron chi connectivity index (χ1n) is 10.1. The number of rotatable bonds is 5. The summed E-state index contributed by atoms with van der Waals surface area (Å²) in [6.45, 7) is 7.47. The first kappa shape index (κ1) is 19.5. The number of imide groups is 1. The number of aromatic nitrogens is 2. The largest absolute Gasteiger partial charge is 0.383 e. The van der Waals surface area contributed by atoms with Crippen molar-refractivity contribution in [2.75, 3.05) is 44.6 Å². The first-order chi connectivity index (χ1) is 14.0. The van der Waals surface area contributed by atoms with Crippen LogP contribution in [0.4, 0.5) is 5.69 Å². The van der Waals surface area contributed by atoms with Crippen molar-refractivity contribution in [2.24, 2.45) is 0 Å². The van der Waals surface area contributed by atoms with Crippen molar-refractivity contribution in [1.29, 1.82) is 0 Å². The van der Waals surface area contributed by atoms with Gasteiger partial charge in [0.15, 0.2) is 0 Å². The molecular formula is C20H26N6O3. The number of hydrogen-bond donors (Lipinski definition) is 3. The molecule has 0 radical (unpaired) electrons. The highest BCUT2D eigenvalue weighted by Crippen LogP contribution is 2.24. The normalized spacial score (nSPS) is 20.7. The fourth-order valence-corrected chi connectivity index (χ4v) is 4.02. The van der Waals surface area contributed by atoms with Gasteiger partial charge in [-0.2, -0.15) is 5.10 Å². The van der Waals surface area contributed by atoms with E-state index in [0.29, 0.717) is 11.1 Å². The van der Waals surface area contributed by atoms with Crippen molar-refractivity contribution in [3.63, 3.8) is 0 Å². The van der Waals surface area contributed by atoms with Gasteiger partial charge in [-0.25, -0.2) is 4.68 Å². The lowest BCUT2D eigenvalue weighted by Gasteiger charge is -2.27. The van der Waals surface area contributed by atoms with Crippen molar-refractivity contribution >= 4 is 28.3 Å². The summed E-state index contributed by atoms with van der Waals surface area (Å²) in [5.41, 5.74) is 1.11. The second-order valence-corrected chi connectivity index (χ2v) is 7.55. The van der Waals surface area contributed by atoms with E-state index >= 15 is 0 Å². The van der Waals surface area contributed by atoms with E-state index in [1.807, 2.05) is 25.1 Å². The van der Waals surface area contributed by atoms with Crippen LogP contribution in [-0.4, -0.2) is 65.8 Å². The Bertz CT molecular complexity index is 996. The third kappa shape index (κ3) is 4.01. The van der Waals surface area contributed by atoms with E-state index in [-0.39, 0.29) is 24.3 Å². The molecule has 3 heterocycles.